The van der Waals surface area contributed by atoms with Crippen LogP contribution < -0.4 is 0 Å². The Labute approximate surface area is 41.5 Å². The molecule has 0 aliphatic heterocycles. The fourth-order valence-electron chi connectivity index (χ4n) is 0.637. The van der Waals surface area contributed by atoms with E-state index in [0.29, 0.717) is 0 Å². The fraction of sp³-hybridized carbons (Fsp3) is 0.600. The first-order valence-electron chi connectivity index (χ1n) is 2.29. The Kier molecular flexibility index (Phi) is 1.11. The molecule has 0 amide bonds. The van der Waals surface area contributed by atoms with Crippen LogP contribution in [0.25, 0.3) is 0 Å². The quantitative estimate of drug-likeness (QED) is 0.445. The maximum Gasteiger partial charge on any atom is 0.121 e. The van der Waals surface area contributed by atoms with Gasteiger partial charge in [-0.1, -0.05) is 12.2 Å². The van der Waals surface area contributed by atoms with Crippen molar-refractivity contribution in [1.29, 1.82) is 0 Å². The average molecular weight is 102 g/mol. The normalized spacial score (nSPS) is 39.7. The largest absolute Gasteiger partial charge is 0.389 e. The lowest BCUT2D eigenvalue weighted by atomic mass is 10.3. The van der Waals surface area contributed by atoms with E-state index in [4.69, 9.17) is 5.11 Å². The van der Waals surface area contributed by atoms with Crippen LogP contribution in [-0.2, 0) is 0 Å². The lowest BCUT2D eigenvalue weighted by Crippen LogP contribution is -2.00. The summed E-state index contributed by atoms with van der Waals surface area (Å²) in [6.45, 7) is 0. The Morgan fingerprint density at radius 2 is 2.29 bits per heavy atom. The van der Waals surface area contributed by atoms with Crippen molar-refractivity contribution in [2.45, 2.75) is 18.7 Å². The third-order valence-electron chi connectivity index (χ3n) is 1.01. The van der Waals surface area contributed by atoms with Gasteiger partial charge in [-0.3, -0.25) is 0 Å². The van der Waals surface area contributed by atoms with Crippen LogP contribution in [0.15, 0.2) is 12.2 Å². The van der Waals surface area contributed by atoms with E-state index in [9.17, 15) is 4.39 Å². The standard InChI is InChI=1S/C5H7FO/c6-4-1-2-5(7)3-4/h1-2,4-5,7H,3H2/t4-,5+/m1/s1. The zero-order valence-electron chi connectivity index (χ0n) is 3.84. The van der Waals surface area contributed by atoms with Crippen LogP contribution >= 0.6 is 0 Å². The second-order valence-corrected chi connectivity index (χ2v) is 1.70. The van der Waals surface area contributed by atoms with Crippen LogP contribution in [-0.4, -0.2) is 17.4 Å². The summed E-state index contributed by atoms with van der Waals surface area (Å²) in [5, 5.41) is 8.57. The molecule has 0 heterocycles. The van der Waals surface area contributed by atoms with Gasteiger partial charge in [0.05, 0.1) is 6.10 Å². The monoisotopic (exact) mass is 102 g/mol. The zero-order chi connectivity index (χ0) is 5.28. The zero-order valence-corrected chi connectivity index (χ0v) is 3.84. The third-order valence-corrected chi connectivity index (χ3v) is 1.01. The van der Waals surface area contributed by atoms with Crippen LogP contribution in [0.5, 0.6) is 0 Å². The van der Waals surface area contributed by atoms with Crippen molar-refractivity contribution in [2.24, 2.45) is 0 Å². The van der Waals surface area contributed by atoms with E-state index in [1.54, 1.807) is 0 Å². The van der Waals surface area contributed by atoms with E-state index < -0.39 is 12.3 Å². The number of aliphatic hydroxyl groups excluding tert-OH is 1. The molecule has 2 heteroatoms. The maximum absolute atomic E-state index is 11.9. The highest BCUT2D eigenvalue weighted by molar-refractivity contribution is 5.02. The minimum absolute atomic E-state index is 0.250. The summed E-state index contributed by atoms with van der Waals surface area (Å²) in [7, 11) is 0. The first-order valence-corrected chi connectivity index (χ1v) is 2.29. The number of rotatable bonds is 0. The molecule has 1 nitrogen and oxygen atoms in total. The van der Waals surface area contributed by atoms with Crippen molar-refractivity contribution < 1.29 is 9.50 Å². The highest BCUT2D eigenvalue weighted by atomic mass is 19.1. The Morgan fingerprint density at radius 1 is 1.57 bits per heavy atom. The highest BCUT2D eigenvalue weighted by Crippen LogP contribution is 2.12. The lowest BCUT2D eigenvalue weighted by molar-refractivity contribution is 0.197. The first-order chi connectivity index (χ1) is 3.29. The predicted molar refractivity (Wildman–Crippen MR) is 24.7 cm³/mol. The molecule has 1 aliphatic rings. The van der Waals surface area contributed by atoms with Crippen molar-refractivity contribution in [2.75, 3.05) is 0 Å². The minimum Gasteiger partial charge on any atom is -0.389 e. The molecule has 40 valence electrons. The van der Waals surface area contributed by atoms with Crippen LogP contribution in [0.3, 0.4) is 0 Å². The van der Waals surface area contributed by atoms with Gasteiger partial charge in [0, 0.05) is 6.42 Å². The summed E-state index contributed by atoms with van der Waals surface area (Å²) in [5.74, 6) is 0. The van der Waals surface area contributed by atoms with Crippen LogP contribution in [0.4, 0.5) is 4.39 Å². The van der Waals surface area contributed by atoms with Gasteiger partial charge in [-0.25, -0.2) is 4.39 Å². The first kappa shape index (κ1) is 4.78. The van der Waals surface area contributed by atoms with Crippen LogP contribution in [0.1, 0.15) is 6.42 Å². The van der Waals surface area contributed by atoms with E-state index in [-0.39, 0.29) is 6.42 Å². The van der Waals surface area contributed by atoms with Gasteiger partial charge < -0.3 is 5.11 Å². The van der Waals surface area contributed by atoms with Gasteiger partial charge in [0.2, 0.25) is 0 Å². The molecule has 1 aliphatic carbocycles. The molecule has 0 aromatic carbocycles. The summed E-state index contributed by atoms with van der Waals surface area (Å²) < 4.78 is 11.9. The van der Waals surface area contributed by atoms with Crippen molar-refractivity contribution in [3.63, 3.8) is 0 Å². The summed E-state index contributed by atoms with van der Waals surface area (Å²) in [5.41, 5.74) is 0. The summed E-state index contributed by atoms with van der Waals surface area (Å²) in [6.07, 6.45) is 1.67. The SMILES string of the molecule is O[C@H]1C=C[C@@H](F)C1. The molecule has 0 spiro atoms. The molecule has 1 rings (SSSR count). The van der Waals surface area contributed by atoms with Gasteiger partial charge >= 0.3 is 0 Å². The highest BCUT2D eigenvalue weighted by Gasteiger charge is 2.13. The summed E-state index contributed by atoms with van der Waals surface area (Å²) in [4.78, 5) is 0. The van der Waals surface area contributed by atoms with Crippen molar-refractivity contribution in [1.82, 2.24) is 0 Å². The Morgan fingerprint density at radius 3 is 2.43 bits per heavy atom. The second kappa shape index (κ2) is 1.62. The number of hydrogen-bond donors (Lipinski definition) is 1. The predicted octanol–water partition coefficient (Wildman–Crippen LogP) is 0.645. The van der Waals surface area contributed by atoms with Gasteiger partial charge in [-0.15, -0.1) is 0 Å². The second-order valence-electron chi connectivity index (χ2n) is 1.70. The van der Waals surface area contributed by atoms with Crippen molar-refractivity contribution >= 4 is 0 Å². The van der Waals surface area contributed by atoms with Gasteiger partial charge in [0.25, 0.3) is 0 Å². The van der Waals surface area contributed by atoms with Crippen LogP contribution in [0.2, 0.25) is 0 Å². The van der Waals surface area contributed by atoms with E-state index >= 15 is 0 Å². The molecule has 0 radical (unpaired) electrons. The smallest absolute Gasteiger partial charge is 0.121 e. The van der Waals surface area contributed by atoms with Gasteiger partial charge in [0.15, 0.2) is 0 Å². The molecule has 0 aromatic heterocycles. The Hall–Kier alpha value is -0.370. The lowest BCUT2D eigenvalue weighted by Gasteiger charge is -1.94. The molecule has 7 heavy (non-hydrogen) atoms. The molecule has 0 unspecified atom stereocenters. The fourth-order valence-corrected chi connectivity index (χ4v) is 0.637. The molecule has 0 fully saturated rings. The van der Waals surface area contributed by atoms with E-state index in [1.165, 1.54) is 12.2 Å². The number of aliphatic hydroxyl groups is 1. The van der Waals surface area contributed by atoms with Gasteiger partial charge in [0.1, 0.15) is 6.17 Å². The molecule has 0 saturated heterocycles. The minimum atomic E-state index is -0.907. The summed E-state index contributed by atoms with van der Waals surface area (Å²) >= 11 is 0. The summed E-state index contributed by atoms with van der Waals surface area (Å²) in [6, 6.07) is 0. The van der Waals surface area contributed by atoms with Crippen molar-refractivity contribution in [3.8, 4) is 0 Å². The van der Waals surface area contributed by atoms with E-state index in [1.807, 2.05) is 0 Å². The molecular weight excluding hydrogens is 95.1 g/mol. The van der Waals surface area contributed by atoms with Gasteiger partial charge in [-0.2, -0.15) is 0 Å². The number of alkyl halides is 1. The molecule has 1 N–H and O–H groups in total. The Bertz CT molecular complexity index is 80.1. The molecule has 0 saturated carbocycles. The molecule has 0 bridgehead atoms. The molecule has 0 aromatic rings. The van der Waals surface area contributed by atoms with Crippen LogP contribution in [0, 0.1) is 0 Å². The number of halogens is 1. The van der Waals surface area contributed by atoms with E-state index in [2.05, 4.69) is 0 Å². The maximum atomic E-state index is 11.9. The Balaban J connectivity index is 2.42. The molecule has 2 atom stereocenters. The number of hydrogen-bond acceptors (Lipinski definition) is 1. The topological polar surface area (TPSA) is 20.2 Å². The average Bonchev–Trinajstić information content (AvgIpc) is 1.87. The third kappa shape index (κ3) is 0.996. The van der Waals surface area contributed by atoms with Gasteiger partial charge in [-0.05, 0) is 0 Å². The molecular formula is C5H7FO. The van der Waals surface area contributed by atoms with Crippen molar-refractivity contribution in [3.05, 3.63) is 12.2 Å². The van der Waals surface area contributed by atoms with E-state index in [0.717, 1.165) is 0 Å². The number of allylic oxidation sites excluding steroid dienone is 1.